The number of carbonyl (C=O) groups excluding carboxylic acids is 2. The third-order valence-electron chi connectivity index (χ3n) is 38.6. The summed E-state index contributed by atoms with van der Waals surface area (Å²) in [4.78, 5) is 34.9. The first-order valence-electron chi connectivity index (χ1n) is 53.1. The summed E-state index contributed by atoms with van der Waals surface area (Å²) >= 11 is 0. The fraction of sp³-hybridized carbons (Fsp3) is 0.971. The van der Waals surface area contributed by atoms with Crippen molar-refractivity contribution >= 4 is 17.9 Å². The van der Waals surface area contributed by atoms with Gasteiger partial charge in [0.2, 0.25) is 0 Å². The van der Waals surface area contributed by atoms with Crippen LogP contribution in [0.1, 0.15) is 332 Å². The van der Waals surface area contributed by atoms with Gasteiger partial charge >= 0.3 is 17.9 Å². The Kier molecular flexibility index (Phi) is 43.2. The Bertz CT molecular complexity index is 2960. The summed E-state index contributed by atoms with van der Waals surface area (Å²) in [5.41, 5.74) is 18.6. The van der Waals surface area contributed by atoms with Gasteiger partial charge in [0, 0.05) is 37.4 Å². The molecule has 0 spiro atoms. The highest BCUT2D eigenvalue weighted by molar-refractivity contribution is 5.69. The Balaban J connectivity index is 0.000000196. The molecule has 125 heavy (non-hydrogen) atoms. The summed E-state index contributed by atoms with van der Waals surface area (Å²) in [6, 6.07) is 1.80. The van der Waals surface area contributed by atoms with Crippen LogP contribution in [0.3, 0.4) is 0 Å². The molecule has 726 valence electrons. The lowest BCUT2D eigenvalue weighted by Gasteiger charge is -2.62. The van der Waals surface area contributed by atoms with E-state index >= 15 is 0 Å². The first kappa shape index (κ1) is 105. The predicted octanol–water partition coefficient (Wildman–Crippen LogP) is 14.5. The van der Waals surface area contributed by atoms with Gasteiger partial charge in [-0.2, -0.15) is 0 Å². The smallest absolute Gasteiger partial charge is 0.305 e. The number of aliphatic hydroxyl groups is 3. The molecule has 0 amide bonds. The van der Waals surface area contributed by atoms with Crippen LogP contribution in [0.4, 0.5) is 0 Å². The molecule has 21 nitrogen and oxygen atoms in total. The lowest BCUT2D eigenvalue weighted by Crippen LogP contribution is -2.59. The van der Waals surface area contributed by atoms with Crippen LogP contribution in [0, 0.1) is 139 Å². The molecule has 0 aromatic rings. The zero-order valence-electron chi connectivity index (χ0n) is 81.8. The third-order valence-corrected chi connectivity index (χ3v) is 38.6. The summed E-state index contributed by atoms with van der Waals surface area (Å²) < 4.78 is 9.85. The van der Waals surface area contributed by atoms with Crippen molar-refractivity contribution in [3.8, 4) is 0 Å². The number of unbranched alkanes of at least 4 members (excludes halogenated alkanes) is 3. The number of nitrogens with two attached hydrogens (primary N) is 3. The predicted molar refractivity (Wildman–Crippen MR) is 512 cm³/mol. The number of fused-ring (bicyclic) bond motifs is 15. The largest absolute Gasteiger partial charge is 0.481 e. The highest BCUT2D eigenvalue weighted by atomic mass is 16.5. The Morgan fingerprint density at radius 1 is 0.320 bits per heavy atom. The molecule has 0 radical (unpaired) electrons. The summed E-state index contributed by atoms with van der Waals surface area (Å²) in [6.45, 7) is 40.9. The van der Waals surface area contributed by atoms with Crippen molar-refractivity contribution in [1.29, 1.82) is 0 Å². The minimum absolute atomic E-state index is 0.0810. The second-order valence-corrected chi connectivity index (χ2v) is 45.6. The SMILES string of the molecule is CC(CCC(=O)O)[C@H]1CCC2C3C(CC[C@@]21C)[C@@]1(C)CC[C@H](NCCCNCCCCNCCCN)C[C@@H]1C[C@H]3O.COC(=O)CCC(C)[C@H]1CCC2C3C(CC[C@@]21C)[C@@]1(C)CCC(NCCCNCCCCNCCCN)C[C@@H]1C[C@H]3O.COC(=O)CCC(C)[C@H]1CCC2C3C(CC[C@@]21C)[C@@]1(C)CC[C@H](NCCCNCCCCNCCCN)C[C@@H]1C[C@H]3O. The van der Waals surface area contributed by atoms with Gasteiger partial charge in [-0.25, -0.2) is 0 Å². The summed E-state index contributed by atoms with van der Waals surface area (Å²) in [5, 5.41) is 77.3. The minimum atomic E-state index is -0.669. The Morgan fingerprint density at radius 2 is 0.560 bits per heavy atom. The van der Waals surface area contributed by atoms with Crippen molar-refractivity contribution in [3.05, 3.63) is 0 Å². The van der Waals surface area contributed by atoms with Gasteiger partial charge in [-0.15, -0.1) is 0 Å². The number of esters is 2. The van der Waals surface area contributed by atoms with Gasteiger partial charge in [0.05, 0.1) is 32.5 Å². The number of aliphatic hydroxyl groups excluding tert-OH is 3. The number of carbonyl (C=O) groups is 3. The number of hydrogen-bond donors (Lipinski definition) is 16. The highest BCUT2D eigenvalue weighted by Gasteiger charge is 2.67. The van der Waals surface area contributed by atoms with E-state index in [1.807, 2.05) is 0 Å². The van der Waals surface area contributed by atoms with E-state index in [4.69, 9.17) is 26.7 Å². The average molecular weight is 1760 g/mol. The summed E-state index contributed by atoms with van der Waals surface area (Å²) in [6.07, 6.45) is 47.1. The number of ether oxygens (including phenoxy) is 2. The number of aliphatic carboxylic acids is 1. The lowest BCUT2D eigenvalue weighted by molar-refractivity contribution is -0.167. The average Bonchev–Trinajstić information content (AvgIpc) is 1.71. The molecule has 0 aromatic carbocycles. The van der Waals surface area contributed by atoms with E-state index in [1.165, 1.54) is 207 Å². The maximum atomic E-state index is 11.8. The normalized spacial score (nSPS) is 38.6. The fourth-order valence-corrected chi connectivity index (χ4v) is 31.5. The van der Waals surface area contributed by atoms with E-state index in [0.29, 0.717) is 165 Å². The van der Waals surface area contributed by atoms with Gasteiger partial charge < -0.3 is 95.0 Å². The molecule has 21 heteroatoms. The van der Waals surface area contributed by atoms with Crippen LogP contribution in [0.15, 0.2) is 0 Å². The first-order valence-corrected chi connectivity index (χ1v) is 53.1. The van der Waals surface area contributed by atoms with Crippen LogP contribution < -0.4 is 65.1 Å². The third kappa shape index (κ3) is 27.1. The molecule has 30 atom stereocenters. The highest BCUT2D eigenvalue weighted by Crippen LogP contribution is 2.72. The van der Waals surface area contributed by atoms with Crippen molar-refractivity contribution in [2.45, 2.75) is 368 Å². The van der Waals surface area contributed by atoms with Gasteiger partial charge in [0.1, 0.15) is 0 Å². The number of nitrogens with one attached hydrogen (secondary N) is 9. The van der Waals surface area contributed by atoms with Gasteiger partial charge in [0.25, 0.3) is 0 Å². The zero-order chi connectivity index (χ0) is 89.8. The fourth-order valence-electron chi connectivity index (χ4n) is 31.5. The van der Waals surface area contributed by atoms with Crippen LogP contribution in [-0.2, 0) is 23.9 Å². The second-order valence-electron chi connectivity index (χ2n) is 45.6. The van der Waals surface area contributed by atoms with E-state index in [9.17, 15) is 34.8 Å². The molecule has 12 aliphatic carbocycles. The second kappa shape index (κ2) is 51.5. The van der Waals surface area contributed by atoms with Crippen LogP contribution in [0.25, 0.3) is 0 Å². The van der Waals surface area contributed by atoms with Crippen LogP contribution >= 0.6 is 0 Å². The minimum Gasteiger partial charge on any atom is -0.481 e. The Morgan fingerprint density at radius 3 is 0.816 bits per heavy atom. The van der Waals surface area contributed by atoms with E-state index in [-0.39, 0.29) is 42.1 Å². The molecule has 13 unspecified atom stereocenters. The molecule has 12 aliphatic rings. The number of carboxylic acids is 1. The van der Waals surface area contributed by atoms with Crippen LogP contribution in [-0.4, -0.2) is 207 Å². The van der Waals surface area contributed by atoms with Crippen LogP contribution in [0.5, 0.6) is 0 Å². The number of rotatable bonds is 51. The first-order chi connectivity index (χ1) is 60.2. The molecular weight excluding hydrogens is 1560 g/mol. The molecule has 0 aliphatic heterocycles. The van der Waals surface area contributed by atoms with Crippen molar-refractivity contribution in [3.63, 3.8) is 0 Å². The standard InChI is InChI=1S/2C35H66N4O3.C34H64N4O3/c2*1-25(9-12-32(41)42-4)28-10-11-29-33-30(14-16-35(28,29)3)34(2)15-13-27(23-26(34)24-31(33)40)39-22-8-21-38-19-6-5-18-37-20-7-17-36;1-24(8-11-31(40)41)27-9-10-28-32-29(13-15-34(27,28)3)33(2)14-12-26(22-25(33)23-30(32)39)38-21-7-20-37-18-5-4-17-36-19-6-16-35/h2*25-31,33,37-40H,5-24,36H2,1-4H3;24-30,32,36-39H,4-23,35H2,1-3H3,(H,40,41)/t25?,26-,27?,28-,29?,30?,31-,33?,34+,35-;25?,26-,27+,28-,29?,30?,31-,33?,34+,35-;24?,25-,26+,27-,28?,29?,30-,32?,33+,34-/m111/s1. The van der Waals surface area contributed by atoms with E-state index in [1.54, 1.807) is 0 Å². The molecule has 0 saturated heterocycles. The van der Waals surface area contributed by atoms with Crippen molar-refractivity contribution in [2.24, 2.45) is 156 Å². The molecule has 0 aromatic heterocycles. The van der Waals surface area contributed by atoms with Crippen molar-refractivity contribution in [1.82, 2.24) is 47.9 Å². The Hall–Kier alpha value is -2.19. The zero-order valence-corrected chi connectivity index (χ0v) is 81.8. The van der Waals surface area contributed by atoms with E-state index in [2.05, 4.69) is 110 Å². The van der Waals surface area contributed by atoms with Crippen molar-refractivity contribution < 1.29 is 44.3 Å². The van der Waals surface area contributed by atoms with Gasteiger partial charge in [0.15, 0.2) is 0 Å². The van der Waals surface area contributed by atoms with E-state index in [0.717, 1.165) is 176 Å². The number of methoxy groups -OCH3 is 2. The number of hydrogen-bond acceptors (Lipinski definition) is 20. The monoisotopic (exact) mass is 1760 g/mol. The molecule has 0 heterocycles. The topological polar surface area (TPSA) is 337 Å². The molecule has 0 bridgehead atoms. The molecule has 19 N–H and O–H groups in total. The lowest BCUT2D eigenvalue weighted by atomic mass is 9.43. The maximum Gasteiger partial charge on any atom is 0.305 e. The summed E-state index contributed by atoms with van der Waals surface area (Å²) in [7, 11) is 2.99. The van der Waals surface area contributed by atoms with Gasteiger partial charge in [-0.3, -0.25) is 14.4 Å². The van der Waals surface area contributed by atoms with Crippen molar-refractivity contribution in [2.75, 3.05) is 132 Å². The summed E-state index contributed by atoms with van der Waals surface area (Å²) in [5.74, 6) is 9.67. The number of carboxylic acid groups (broad SMARTS) is 1. The Labute approximate surface area is 762 Å². The molecule has 12 fully saturated rings. The molecule has 12 saturated carbocycles. The maximum absolute atomic E-state index is 11.8. The van der Waals surface area contributed by atoms with Crippen LogP contribution in [0.2, 0.25) is 0 Å². The van der Waals surface area contributed by atoms with Gasteiger partial charge in [-0.1, -0.05) is 62.3 Å². The molecular formula is C104H196N12O9. The molecule has 12 rings (SSSR count). The quantitative estimate of drug-likeness (QED) is 0.0199. The van der Waals surface area contributed by atoms with Gasteiger partial charge in [-0.05, 0) is 507 Å². The van der Waals surface area contributed by atoms with E-state index < -0.39 is 5.97 Å².